The van der Waals surface area contributed by atoms with E-state index in [2.05, 4.69) is 16.1 Å². The molecule has 0 aromatic carbocycles. The van der Waals surface area contributed by atoms with Crippen molar-refractivity contribution in [2.24, 2.45) is 0 Å². The zero-order chi connectivity index (χ0) is 6.85. The molecule has 0 N–H and O–H groups in total. The number of hydrogen-bond donors (Lipinski definition) is 0. The standard InChI is InChI=1S/C5H4BrCl2N/c6-9-2-4(7)1-5(8)3-9/h1-2H,3H2. The van der Waals surface area contributed by atoms with Gasteiger partial charge in [-0.1, -0.05) is 23.2 Å². The lowest BCUT2D eigenvalue weighted by Gasteiger charge is -2.14. The predicted octanol–water partition coefficient (Wildman–Crippen LogP) is 2.81. The summed E-state index contributed by atoms with van der Waals surface area (Å²) >= 11 is 14.5. The highest BCUT2D eigenvalue weighted by molar-refractivity contribution is 9.07. The average Bonchev–Trinajstić information content (AvgIpc) is 1.59. The maximum Gasteiger partial charge on any atom is 0.0648 e. The lowest BCUT2D eigenvalue weighted by Crippen LogP contribution is -2.08. The van der Waals surface area contributed by atoms with Gasteiger partial charge in [-0.3, -0.25) is 0 Å². The van der Waals surface area contributed by atoms with Crippen molar-refractivity contribution in [1.82, 2.24) is 3.93 Å². The van der Waals surface area contributed by atoms with E-state index in [0.717, 1.165) is 5.03 Å². The molecular weight excluding hydrogens is 225 g/mol. The Balaban J connectivity index is 2.74. The number of nitrogens with zero attached hydrogens (tertiary/aromatic N) is 1. The number of rotatable bonds is 0. The Morgan fingerprint density at radius 1 is 1.56 bits per heavy atom. The predicted molar refractivity (Wildman–Crippen MR) is 43.5 cm³/mol. The van der Waals surface area contributed by atoms with Gasteiger partial charge in [0.1, 0.15) is 0 Å². The Labute approximate surface area is 72.3 Å². The van der Waals surface area contributed by atoms with Crippen molar-refractivity contribution in [3.8, 4) is 0 Å². The molecule has 1 nitrogen and oxygen atoms in total. The molecule has 0 aliphatic carbocycles. The molecule has 1 heterocycles. The van der Waals surface area contributed by atoms with Crippen LogP contribution in [0.1, 0.15) is 0 Å². The van der Waals surface area contributed by atoms with Crippen LogP contribution in [-0.4, -0.2) is 10.5 Å². The van der Waals surface area contributed by atoms with Gasteiger partial charge in [0.2, 0.25) is 0 Å². The fourth-order valence-electron chi connectivity index (χ4n) is 0.556. The third-order valence-corrected chi connectivity index (χ3v) is 1.75. The first-order chi connectivity index (χ1) is 4.18. The summed E-state index contributed by atoms with van der Waals surface area (Å²) in [6, 6.07) is 0. The Bertz CT molecular complexity index is 176. The van der Waals surface area contributed by atoms with E-state index in [4.69, 9.17) is 23.2 Å². The summed E-state index contributed by atoms with van der Waals surface area (Å²) in [5, 5.41) is 1.38. The summed E-state index contributed by atoms with van der Waals surface area (Å²) in [7, 11) is 0. The molecule has 1 rings (SSSR count). The van der Waals surface area contributed by atoms with Crippen molar-refractivity contribution in [3.05, 3.63) is 22.3 Å². The van der Waals surface area contributed by atoms with Crippen LogP contribution in [0, 0.1) is 0 Å². The van der Waals surface area contributed by atoms with E-state index in [1.165, 1.54) is 0 Å². The number of halogens is 3. The SMILES string of the molecule is ClC1=CN(Br)CC(Cl)=C1. The minimum absolute atomic E-state index is 0.642. The third-order valence-electron chi connectivity index (χ3n) is 0.860. The Hall–Kier alpha value is 0.340. The fourth-order valence-corrected chi connectivity index (χ4v) is 1.86. The van der Waals surface area contributed by atoms with E-state index < -0.39 is 0 Å². The summed E-state index contributed by atoms with van der Waals surface area (Å²) in [6.07, 6.45) is 3.48. The van der Waals surface area contributed by atoms with Crippen LogP contribution in [0.4, 0.5) is 0 Å². The second-order valence-electron chi connectivity index (χ2n) is 1.66. The van der Waals surface area contributed by atoms with Crippen molar-refractivity contribution < 1.29 is 0 Å². The monoisotopic (exact) mass is 227 g/mol. The largest absolute Gasteiger partial charge is 0.309 e. The van der Waals surface area contributed by atoms with Crippen molar-refractivity contribution >= 4 is 39.3 Å². The van der Waals surface area contributed by atoms with Crippen molar-refractivity contribution in [2.45, 2.75) is 0 Å². The molecular formula is C5H4BrCl2N. The molecule has 0 saturated carbocycles. The first-order valence-corrected chi connectivity index (χ1v) is 3.81. The topological polar surface area (TPSA) is 3.24 Å². The molecule has 0 radical (unpaired) electrons. The minimum atomic E-state index is 0.642. The summed E-state index contributed by atoms with van der Waals surface area (Å²) in [5.74, 6) is 0. The van der Waals surface area contributed by atoms with Crippen LogP contribution in [0.2, 0.25) is 0 Å². The molecule has 0 fully saturated rings. The average molecular weight is 229 g/mol. The van der Waals surface area contributed by atoms with Crippen molar-refractivity contribution in [3.63, 3.8) is 0 Å². The highest BCUT2D eigenvalue weighted by atomic mass is 79.9. The highest BCUT2D eigenvalue weighted by Crippen LogP contribution is 2.20. The van der Waals surface area contributed by atoms with Gasteiger partial charge in [-0.25, -0.2) is 0 Å². The quantitative estimate of drug-likeness (QED) is 0.577. The Morgan fingerprint density at radius 2 is 2.22 bits per heavy atom. The lowest BCUT2D eigenvalue weighted by molar-refractivity contribution is 0.704. The smallest absolute Gasteiger partial charge is 0.0648 e. The van der Waals surface area contributed by atoms with E-state index >= 15 is 0 Å². The maximum absolute atomic E-state index is 5.67. The molecule has 0 unspecified atom stereocenters. The van der Waals surface area contributed by atoms with Crippen molar-refractivity contribution in [2.75, 3.05) is 6.54 Å². The van der Waals surface area contributed by atoms with E-state index in [9.17, 15) is 0 Å². The lowest BCUT2D eigenvalue weighted by atomic mass is 10.4. The molecule has 1 aliphatic heterocycles. The van der Waals surface area contributed by atoms with Crippen LogP contribution >= 0.6 is 39.3 Å². The molecule has 0 bridgehead atoms. The van der Waals surface area contributed by atoms with Crippen LogP contribution in [0.15, 0.2) is 22.3 Å². The van der Waals surface area contributed by atoms with Gasteiger partial charge < -0.3 is 3.93 Å². The van der Waals surface area contributed by atoms with Crippen LogP contribution in [0.3, 0.4) is 0 Å². The Kier molecular flexibility index (Phi) is 2.44. The first-order valence-electron chi connectivity index (χ1n) is 2.34. The molecule has 9 heavy (non-hydrogen) atoms. The van der Waals surface area contributed by atoms with Gasteiger partial charge in [0, 0.05) is 27.4 Å². The number of hydrogen-bond acceptors (Lipinski definition) is 1. The van der Waals surface area contributed by atoms with E-state index in [1.54, 1.807) is 16.2 Å². The molecule has 0 atom stereocenters. The van der Waals surface area contributed by atoms with Gasteiger partial charge in [0.15, 0.2) is 0 Å². The van der Waals surface area contributed by atoms with Crippen LogP contribution in [0.5, 0.6) is 0 Å². The van der Waals surface area contributed by atoms with Crippen molar-refractivity contribution in [1.29, 1.82) is 0 Å². The summed E-state index contributed by atoms with van der Waals surface area (Å²) in [4.78, 5) is 0. The van der Waals surface area contributed by atoms with Gasteiger partial charge in [-0.2, -0.15) is 0 Å². The van der Waals surface area contributed by atoms with Crippen LogP contribution < -0.4 is 0 Å². The summed E-state index contributed by atoms with van der Waals surface area (Å²) < 4.78 is 1.75. The fraction of sp³-hybridized carbons (Fsp3) is 0.200. The normalized spacial score (nSPS) is 19.2. The first kappa shape index (κ1) is 7.45. The molecule has 0 aromatic heterocycles. The molecule has 0 aromatic rings. The maximum atomic E-state index is 5.67. The zero-order valence-corrected chi connectivity index (χ0v) is 7.54. The second kappa shape index (κ2) is 2.95. The molecule has 4 heteroatoms. The van der Waals surface area contributed by atoms with E-state index in [-0.39, 0.29) is 0 Å². The second-order valence-corrected chi connectivity index (χ2v) is 3.50. The number of allylic oxidation sites excluding steroid dienone is 2. The van der Waals surface area contributed by atoms with E-state index in [1.807, 2.05) is 0 Å². The van der Waals surface area contributed by atoms with Gasteiger partial charge >= 0.3 is 0 Å². The minimum Gasteiger partial charge on any atom is -0.309 e. The summed E-state index contributed by atoms with van der Waals surface area (Å²) in [6.45, 7) is 0.678. The molecule has 50 valence electrons. The summed E-state index contributed by atoms with van der Waals surface area (Å²) in [5.41, 5.74) is 0. The third kappa shape index (κ3) is 2.20. The molecule has 0 amide bonds. The molecule has 0 saturated heterocycles. The molecule has 0 spiro atoms. The zero-order valence-electron chi connectivity index (χ0n) is 4.44. The van der Waals surface area contributed by atoms with Gasteiger partial charge in [-0.05, 0) is 6.08 Å². The van der Waals surface area contributed by atoms with E-state index in [0.29, 0.717) is 11.6 Å². The van der Waals surface area contributed by atoms with Crippen LogP contribution in [0.25, 0.3) is 0 Å². The van der Waals surface area contributed by atoms with Gasteiger partial charge in [-0.15, -0.1) is 0 Å². The van der Waals surface area contributed by atoms with Gasteiger partial charge in [0.05, 0.1) is 11.6 Å². The van der Waals surface area contributed by atoms with Gasteiger partial charge in [0.25, 0.3) is 0 Å². The van der Waals surface area contributed by atoms with Crippen LogP contribution in [-0.2, 0) is 0 Å². The molecule has 1 aliphatic rings. The Morgan fingerprint density at radius 3 is 2.67 bits per heavy atom. The highest BCUT2D eigenvalue weighted by Gasteiger charge is 2.05.